The quantitative estimate of drug-likeness (QED) is 0.327. The van der Waals surface area contributed by atoms with Crippen molar-refractivity contribution in [1.82, 2.24) is 24.4 Å². The molecule has 5 rings (SSSR count). The van der Waals surface area contributed by atoms with Crippen molar-refractivity contribution >= 4 is 17.5 Å². The number of carbonyl (C=O) groups excluding carboxylic acids is 1. The van der Waals surface area contributed by atoms with Crippen molar-refractivity contribution in [3.8, 4) is 39.9 Å². The second kappa shape index (κ2) is 9.36. The van der Waals surface area contributed by atoms with Crippen molar-refractivity contribution in [1.29, 1.82) is 5.26 Å². The van der Waals surface area contributed by atoms with E-state index in [4.69, 9.17) is 5.26 Å². The maximum absolute atomic E-state index is 12.9. The molecule has 0 fully saturated rings. The van der Waals surface area contributed by atoms with Crippen LogP contribution in [0.4, 0.5) is 19.1 Å². The molecule has 0 bridgehead atoms. The van der Waals surface area contributed by atoms with Crippen LogP contribution in [0, 0.1) is 18.3 Å². The molecular formula is C26H20F3N7O2. The van der Waals surface area contributed by atoms with Gasteiger partial charge in [0.15, 0.2) is 5.65 Å². The van der Waals surface area contributed by atoms with Gasteiger partial charge in [-0.05, 0) is 60.5 Å². The number of fused-ring (bicyclic) bond motifs is 1. The minimum Gasteiger partial charge on any atom is -0.406 e. The van der Waals surface area contributed by atoms with Crippen molar-refractivity contribution < 1.29 is 24.1 Å². The summed E-state index contributed by atoms with van der Waals surface area (Å²) in [6, 6.07) is 16.3. The Hall–Kier alpha value is -5.18. The first-order valence-corrected chi connectivity index (χ1v) is 11.2. The summed E-state index contributed by atoms with van der Waals surface area (Å²) >= 11 is 0. The second-order valence-corrected chi connectivity index (χ2v) is 8.29. The van der Waals surface area contributed by atoms with Crippen LogP contribution in [-0.2, 0) is 4.79 Å². The maximum atomic E-state index is 12.9. The first kappa shape index (κ1) is 24.5. The largest absolute Gasteiger partial charge is 0.573 e. The molecule has 5 aromatic rings. The Morgan fingerprint density at radius 2 is 1.92 bits per heavy atom. The Kier molecular flexibility index (Phi) is 6.04. The topological polar surface area (TPSA) is 110 Å². The van der Waals surface area contributed by atoms with E-state index >= 15 is 0 Å². The van der Waals surface area contributed by atoms with Gasteiger partial charge in [0.25, 0.3) is 0 Å². The number of alkyl halides is 3. The number of carbonyl (C=O) groups is 1. The standard InChI is InChI=1S/C26H18F3N7O2.H2/c1-15-21(22-10-11-31-36(22)19-8-6-17(13-30)7-9-19)14-35-24(33-25(34-35)32-16(2)37)23(15)18-4-3-5-20(12-18)38-26(27,28)29;/h3-12,14H,1-2H3,(H,32,34,37);1H. The maximum Gasteiger partial charge on any atom is 0.573 e. The van der Waals surface area contributed by atoms with E-state index in [1.165, 1.54) is 29.6 Å². The Bertz CT molecular complexity index is 1720. The molecule has 1 N–H and O–H groups in total. The van der Waals surface area contributed by atoms with E-state index in [9.17, 15) is 18.0 Å². The van der Waals surface area contributed by atoms with E-state index in [0.717, 1.165) is 0 Å². The lowest BCUT2D eigenvalue weighted by Crippen LogP contribution is -2.17. The van der Waals surface area contributed by atoms with Crippen molar-refractivity contribution in [3.05, 3.63) is 78.1 Å². The molecule has 0 aliphatic rings. The van der Waals surface area contributed by atoms with Gasteiger partial charge in [-0.25, -0.2) is 9.20 Å². The number of anilines is 1. The first-order chi connectivity index (χ1) is 18.1. The molecule has 0 aliphatic heterocycles. The minimum absolute atomic E-state index is 0. The van der Waals surface area contributed by atoms with E-state index in [0.29, 0.717) is 44.8 Å². The zero-order chi connectivity index (χ0) is 27.0. The molecule has 0 saturated heterocycles. The molecular weight excluding hydrogens is 499 g/mol. The second-order valence-electron chi connectivity index (χ2n) is 8.29. The van der Waals surface area contributed by atoms with Gasteiger partial charge in [0.2, 0.25) is 11.9 Å². The Balaban J connectivity index is 0.00000353. The minimum atomic E-state index is -4.86. The third kappa shape index (κ3) is 4.77. The van der Waals surface area contributed by atoms with Gasteiger partial charge in [0.05, 0.1) is 29.2 Å². The van der Waals surface area contributed by atoms with Crippen LogP contribution >= 0.6 is 0 Å². The molecule has 0 aliphatic carbocycles. The van der Waals surface area contributed by atoms with Crippen molar-refractivity contribution in [3.63, 3.8) is 0 Å². The van der Waals surface area contributed by atoms with Gasteiger partial charge >= 0.3 is 6.36 Å². The third-order valence-electron chi connectivity index (χ3n) is 5.69. The van der Waals surface area contributed by atoms with E-state index in [1.54, 1.807) is 53.5 Å². The normalized spacial score (nSPS) is 11.4. The number of nitriles is 1. The molecule has 192 valence electrons. The molecule has 12 heteroatoms. The van der Waals surface area contributed by atoms with Gasteiger partial charge in [-0.2, -0.15) is 15.3 Å². The number of nitrogens with one attached hydrogen (secondary N) is 1. The number of pyridine rings is 1. The van der Waals surface area contributed by atoms with Crippen LogP contribution in [0.1, 0.15) is 19.5 Å². The van der Waals surface area contributed by atoms with Crippen molar-refractivity contribution in [2.24, 2.45) is 0 Å². The fourth-order valence-corrected chi connectivity index (χ4v) is 4.16. The lowest BCUT2D eigenvalue weighted by atomic mass is 9.96. The van der Waals surface area contributed by atoms with Crippen LogP contribution < -0.4 is 10.1 Å². The molecule has 3 aromatic heterocycles. The average molecular weight is 519 g/mol. The van der Waals surface area contributed by atoms with E-state index in [2.05, 4.69) is 31.3 Å². The fourth-order valence-electron chi connectivity index (χ4n) is 4.16. The van der Waals surface area contributed by atoms with Crippen LogP contribution in [-0.4, -0.2) is 36.6 Å². The van der Waals surface area contributed by atoms with Crippen LogP contribution in [0.25, 0.3) is 33.7 Å². The third-order valence-corrected chi connectivity index (χ3v) is 5.69. The highest BCUT2D eigenvalue weighted by Gasteiger charge is 2.31. The number of aromatic nitrogens is 5. The van der Waals surface area contributed by atoms with E-state index in [1.807, 2.05) is 6.92 Å². The molecule has 0 atom stereocenters. The Morgan fingerprint density at radius 1 is 1.16 bits per heavy atom. The number of halogens is 3. The van der Waals surface area contributed by atoms with Crippen LogP contribution in [0.2, 0.25) is 0 Å². The predicted molar refractivity (Wildman–Crippen MR) is 134 cm³/mol. The summed E-state index contributed by atoms with van der Waals surface area (Å²) in [5, 5.41) is 20.4. The SMILES string of the molecule is CC(=O)Nc1nc2c(-c3cccc(OC(F)(F)F)c3)c(C)c(-c3ccnn3-c3ccc(C#N)cc3)cn2n1.[HH]. The highest BCUT2D eigenvalue weighted by molar-refractivity contribution is 5.90. The van der Waals surface area contributed by atoms with Gasteiger partial charge in [-0.1, -0.05) is 12.1 Å². The zero-order valence-electron chi connectivity index (χ0n) is 20.0. The summed E-state index contributed by atoms with van der Waals surface area (Å²) in [5.41, 5.74) is 4.42. The smallest absolute Gasteiger partial charge is 0.406 e. The number of hydrogen-bond donors (Lipinski definition) is 1. The van der Waals surface area contributed by atoms with Crippen molar-refractivity contribution in [2.75, 3.05) is 5.32 Å². The van der Waals surface area contributed by atoms with Gasteiger partial charge in [0.1, 0.15) is 5.75 Å². The van der Waals surface area contributed by atoms with E-state index in [-0.39, 0.29) is 19.0 Å². The molecule has 3 heterocycles. The molecule has 2 aromatic carbocycles. The molecule has 0 spiro atoms. The molecule has 1 amide bonds. The molecule has 38 heavy (non-hydrogen) atoms. The summed E-state index contributed by atoms with van der Waals surface area (Å²) < 4.78 is 46.0. The fraction of sp³-hybridized carbons (Fsp3) is 0.115. The van der Waals surface area contributed by atoms with Crippen molar-refractivity contribution in [2.45, 2.75) is 20.2 Å². The molecule has 9 nitrogen and oxygen atoms in total. The summed E-state index contributed by atoms with van der Waals surface area (Å²) in [4.78, 5) is 16.1. The summed E-state index contributed by atoms with van der Waals surface area (Å²) in [7, 11) is 0. The molecule has 0 unspecified atom stereocenters. The summed E-state index contributed by atoms with van der Waals surface area (Å²) in [6.07, 6.45) is -1.54. The number of hydrogen-bond acceptors (Lipinski definition) is 6. The van der Waals surface area contributed by atoms with Crippen LogP contribution in [0.3, 0.4) is 0 Å². The Labute approximate surface area is 215 Å². The summed E-state index contributed by atoms with van der Waals surface area (Å²) in [5.74, 6) is -0.723. The average Bonchev–Trinajstić information content (AvgIpc) is 3.49. The first-order valence-electron chi connectivity index (χ1n) is 11.2. The molecule has 0 saturated carbocycles. The van der Waals surface area contributed by atoms with Gasteiger partial charge in [0, 0.05) is 25.7 Å². The number of rotatable bonds is 5. The van der Waals surface area contributed by atoms with Gasteiger partial charge in [-0.3, -0.25) is 10.1 Å². The highest BCUT2D eigenvalue weighted by atomic mass is 19.4. The van der Waals surface area contributed by atoms with Crippen LogP contribution in [0.5, 0.6) is 5.75 Å². The van der Waals surface area contributed by atoms with E-state index < -0.39 is 6.36 Å². The number of amides is 1. The highest BCUT2D eigenvalue weighted by Crippen LogP contribution is 2.37. The van der Waals surface area contributed by atoms with Crippen LogP contribution in [0.15, 0.2) is 67.0 Å². The van der Waals surface area contributed by atoms with Gasteiger partial charge < -0.3 is 4.74 Å². The number of nitrogens with zero attached hydrogens (tertiary/aromatic N) is 6. The molecule has 0 radical (unpaired) electrons. The Morgan fingerprint density at radius 3 is 2.61 bits per heavy atom. The van der Waals surface area contributed by atoms with Gasteiger partial charge in [-0.15, -0.1) is 18.3 Å². The zero-order valence-corrected chi connectivity index (χ0v) is 20.0. The number of ether oxygens (including phenoxy) is 1. The lowest BCUT2D eigenvalue weighted by molar-refractivity contribution is -0.274. The summed E-state index contributed by atoms with van der Waals surface area (Å²) in [6.45, 7) is 3.13. The predicted octanol–water partition coefficient (Wildman–Crippen LogP) is 5.53. The number of benzene rings is 2. The lowest BCUT2D eigenvalue weighted by Gasteiger charge is -2.16. The monoisotopic (exact) mass is 519 g/mol.